The van der Waals surface area contributed by atoms with Crippen LogP contribution < -0.4 is 10.9 Å². The summed E-state index contributed by atoms with van der Waals surface area (Å²) in [6.45, 7) is 7.15. The van der Waals surface area contributed by atoms with Gasteiger partial charge in [0.05, 0.1) is 6.61 Å². The van der Waals surface area contributed by atoms with Gasteiger partial charge >= 0.3 is 0 Å². The molecule has 0 unspecified atom stereocenters. The largest absolute Gasteiger partial charge is 0.381 e. The zero-order valence-corrected chi connectivity index (χ0v) is 16.7. The fourth-order valence-electron chi connectivity index (χ4n) is 3.39. The van der Waals surface area contributed by atoms with Crippen LogP contribution in [0.15, 0.2) is 78.9 Å². The van der Waals surface area contributed by atoms with Gasteiger partial charge in [-0.2, -0.15) is 0 Å². The Hall–Kier alpha value is -2.58. The number of methoxy groups -OCH3 is 1. The van der Waals surface area contributed by atoms with Gasteiger partial charge in [-0.05, 0) is 26.3 Å². The maximum atomic E-state index is 5.40. The average Bonchev–Trinajstić information content (AvgIpc) is 2.68. The lowest BCUT2D eigenvalue weighted by Crippen LogP contribution is -2.43. The van der Waals surface area contributed by atoms with E-state index in [1.807, 2.05) is 0 Å². The van der Waals surface area contributed by atoms with E-state index in [9.17, 15) is 0 Å². The quantitative estimate of drug-likeness (QED) is 0.593. The van der Waals surface area contributed by atoms with E-state index in [4.69, 9.17) is 4.74 Å². The fourth-order valence-corrected chi connectivity index (χ4v) is 3.39. The third-order valence-electron chi connectivity index (χ3n) is 4.99. The highest BCUT2D eigenvalue weighted by atomic mass is 16.5. The predicted octanol–water partition coefficient (Wildman–Crippen LogP) is 4.49. The molecular weight excluding hydrogens is 327 g/mol. The standard InChI is InChI=1S/C25H27BO/c1-19-5-11-22(12-6-19)25(17-18-27-4)26(23-13-7-20(2)8-14-23)24-15-9-21(3)10-16-24/h5-17H,18H2,1-4H3/b25-17-. The Balaban J connectivity index is 2.16. The van der Waals surface area contributed by atoms with E-state index in [-0.39, 0.29) is 6.71 Å². The zero-order valence-electron chi connectivity index (χ0n) is 16.7. The van der Waals surface area contributed by atoms with Crippen LogP contribution in [0.5, 0.6) is 0 Å². The van der Waals surface area contributed by atoms with Crippen LogP contribution in [0.25, 0.3) is 5.47 Å². The lowest BCUT2D eigenvalue weighted by Gasteiger charge is -2.20. The molecule has 0 aliphatic heterocycles. The molecule has 3 aromatic carbocycles. The summed E-state index contributed by atoms with van der Waals surface area (Å²) < 4.78 is 5.40. The number of rotatable bonds is 6. The molecule has 3 rings (SSSR count). The van der Waals surface area contributed by atoms with E-state index >= 15 is 0 Å². The van der Waals surface area contributed by atoms with Crippen LogP contribution in [-0.2, 0) is 4.74 Å². The van der Waals surface area contributed by atoms with Crippen LogP contribution in [0.3, 0.4) is 0 Å². The van der Waals surface area contributed by atoms with Gasteiger partial charge in [0, 0.05) is 7.11 Å². The first-order valence-electron chi connectivity index (χ1n) is 9.47. The van der Waals surface area contributed by atoms with Crippen molar-refractivity contribution in [1.82, 2.24) is 0 Å². The van der Waals surface area contributed by atoms with Gasteiger partial charge in [0.1, 0.15) is 0 Å². The minimum absolute atomic E-state index is 0.170. The Kier molecular flexibility index (Phi) is 6.31. The third kappa shape index (κ3) is 4.78. The molecule has 0 aliphatic rings. The number of ether oxygens (including phenoxy) is 1. The van der Waals surface area contributed by atoms with Gasteiger partial charge < -0.3 is 4.74 Å². The van der Waals surface area contributed by atoms with E-state index < -0.39 is 0 Å². The van der Waals surface area contributed by atoms with Gasteiger partial charge in [-0.3, -0.25) is 0 Å². The number of aryl methyl sites for hydroxylation is 3. The van der Waals surface area contributed by atoms with Crippen molar-refractivity contribution in [2.45, 2.75) is 20.8 Å². The van der Waals surface area contributed by atoms with E-state index in [2.05, 4.69) is 99.6 Å². The molecular formula is C25H27BO. The van der Waals surface area contributed by atoms with Crippen LogP contribution in [0.1, 0.15) is 22.3 Å². The summed E-state index contributed by atoms with van der Waals surface area (Å²) in [7, 11) is 1.75. The van der Waals surface area contributed by atoms with Gasteiger partial charge in [-0.1, -0.05) is 112 Å². The molecule has 0 aliphatic carbocycles. The Morgan fingerprint density at radius 3 is 1.52 bits per heavy atom. The van der Waals surface area contributed by atoms with Gasteiger partial charge in [-0.25, -0.2) is 0 Å². The minimum atomic E-state index is 0.170. The maximum Gasteiger partial charge on any atom is 0.241 e. The van der Waals surface area contributed by atoms with E-state index in [0.717, 1.165) is 0 Å². The SMILES string of the molecule is COC/C=C(\B(c1ccc(C)cc1)c1ccc(C)cc1)c1ccc(C)cc1. The number of hydrogen-bond acceptors (Lipinski definition) is 1. The normalized spacial score (nSPS) is 11.5. The molecule has 0 heterocycles. The summed E-state index contributed by atoms with van der Waals surface area (Å²) in [4.78, 5) is 0. The fraction of sp³-hybridized carbons (Fsp3) is 0.200. The molecule has 136 valence electrons. The monoisotopic (exact) mass is 354 g/mol. The third-order valence-corrected chi connectivity index (χ3v) is 4.99. The molecule has 0 atom stereocenters. The van der Waals surface area contributed by atoms with Crippen molar-refractivity contribution < 1.29 is 4.74 Å². The number of hydrogen-bond donors (Lipinski definition) is 0. The molecule has 27 heavy (non-hydrogen) atoms. The maximum absolute atomic E-state index is 5.40. The summed E-state index contributed by atoms with van der Waals surface area (Å²) in [5, 5.41) is 0. The summed E-state index contributed by atoms with van der Waals surface area (Å²) in [6.07, 6.45) is 2.22. The molecule has 0 spiro atoms. The van der Waals surface area contributed by atoms with Gasteiger partial charge in [0.2, 0.25) is 6.71 Å². The van der Waals surface area contributed by atoms with E-state index in [1.165, 1.54) is 38.7 Å². The highest BCUT2D eigenvalue weighted by molar-refractivity contribution is 6.99. The van der Waals surface area contributed by atoms with Crippen molar-refractivity contribution in [3.63, 3.8) is 0 Å². The highest BCUT2D eigenvalue weighted by Gasteiger charge is 2.25. The Morgan fingerprint density at radius 2 is 1.11 bits per heavy atom. The molecule has 0 bridgehead atoms. The second-order valence-corrected chi connectivity index (χ2v) is 7.24. The zero-order chi connectivity index (χ0) is 19.2. The van der Waals surface area contributed by atoms with Crippen LogP contribution in [0.2, 0.25) is 0 Å². The Bertz CT molecular complexity index is 845. The lowest BCUT2D eigenvalue weighted by atomic mass is 9.35. The first-order chi connectivity index (χ1) is 13.1. The van der Waals surface area contributed by atoms with Crippen molar-refractivity contribution >= 4 is 23.1 Å². The molecule has 0 saturated carbocycles. The summed E-state index contributed by atoms with van der Waals surface area (Å²) in [6, 6.07) is 26.5. The Morgan fingerprint density at radius 1 is 0.704 bits per heavy atom. The van der Waals surface area contributed by atoms with Crippen molar-refractivity contribution in [2.24, 2.45) is 0 Å². The summed E-state index contributed by atoms with van der Waals surface area (Å²) >= 11 is 0. The predicted molar refractivity (Wildman–Crippen MR) is 118 cm³/mol. The van der Waals surface area contributed by atoms with E-state index in [0.29, 0.717) is 6.61 Å². The van der Waals surface area contributed by atoms with Crippen LogP contribution in [-0.4, -0.2) is 20.4 Å². The van der Waals surface area contributed by atoms with Crippen molar-refractivity contribution in [2.75, 3.05) is 13.7 Å². The lowest BCUT2D eigenvalue weighted by molar-refractivity contribution is 0.234. The van der Waals surface area contributed by atoms with Gasteiger partial charge in [-0.15, -0.1) is 0 Å². The van der Waals surface area contributed by atoms with Gasteiger partial charge in [0.25, 0.3) is 0 Å². The van der Waals surface area contributed by atoms with Crippen molar-refractivity contribution in [3.8, 4) is 0 Å². The van der Waals surface area contributed by atoms with Crippen LogP contribution in [0, 0.1) is 20.8 Å². The highest BCUT2D eigenvalue weighted by Crippen LogP contribution is 2.19. The van der Waals surface area contributed by atoms with Crippen LogP contribution >= 0.6 is 0 Å². The number of benzene rings is 3. The molecule has 0 saturated heterocycles. The topological polar surface area (TPSA) is 9.23 Å². The average molecular weight is 354 g/mol. The molecule has 1 nitrogen and oxygen atoms in total. The molecule has 0 fully saturated rings. The van der Waals surface area contributed by atoms with Crippen molar-refractivity contribution in [1.29, 1.82) is 0 Å². The smallest absolute Gasteiger partial charge is 0.241 e. The summed E-state index contributed by atoms with van der Waals surface area (Å²) in [5.74, 6) is 0. The second-order valence-electron chi connectivity index (χ2n) is 7.24. The Labute approximate surface area is 163 Å². The molecule has 2 heteroatoms. The van der Waals surface area contributed by atoms with Crippen LogP contribution in [0.4, 0.5) is 0 Å². The first kappa shape index (κ1) is 19.2. The summed E-state index contributed by atoms with van der Waals surface area (Å²) in [5.41, 5.74) is 8.94. The van der Waals surface area contributed by atoms with Crippen molar-refractivity contribution in [3.05, 3.63) is 101 Å². The van der Waals surface area contributed by atoms with E-state index in [1.54, 1.807) is 7.11 Å². The molecule has 0 radical (unpaired) electrons. The molecule has 0 N–H and O–H groups in total. The minimum Gasteiger partial charge on any atom is -0.381 e. The molecule has 3 aromatic rings. The first-order valence-corrected chi connectivity index (χ1v) is 9.47. The molecule has 0 aromatic heterocycles. The molecule has 0 amide bonds. The second kappa shape index (κ2) is 8.88. The van der Waals surface area contributed by atoms with Gasteiger partial charge in [0.15, 0.2) is 0 Å².